The van der Waals surface area contributed by atoms with Crippen LogP contribution in [0.25, 0.3) is 0 Å². The van der Waals surface area contributed by atoms with Crippen molar-refractivity contribution >= 4 is 13.8 Å². The first-order valence-corrected chi connectivity index (χ1v) is 29.9. The van der Waals surface area contributed by atoms with Gasteiger partial charge in [0.2, 0.25) is 0 Å². The summed E-state index contributed by atoms with van der Waals surface area (Å²) in [6, 6.07) is 0. The molecule has 2 unspecified atom stereocenters. The van der Waals surface area contributed by atoms with Crippen molar-refractivity contribution in [2.75, 3.05) is 54.1 Å². The molecule has 0 aromatic rings. The number of rotatable bonds is 53. The topological polar surface area (TPSA) is 91.3 Å². The Hall–Kier alpha value is -1.54. The van der Waals surface area contributed by atoms with Crippen LogP contribution in [0.2, 0.25) is 0 Å². The van der Waals surface area contributed by atoms with Gasteiger partial charge in [0.25, 0.3) is 0 Å². The third-order valence-corrected chi connectivity index (χ3v) is 13.3. The fourth-order valence-corrected chi connectivity index (χ4v) is 8.71. The highest BCUT2D eigenvalue weighted by Crippen LogP contribution is 2.43. The van der Waals surface area contributed by atoms with Crippen LogP contribution in [0.4, 0.5) is 0 Å². The number of phosphoric ester groups is 1. The van der Waals surface area contributed by atoms with Crippen molar-refractivity contribution in [2.24, 2.45) is 0 Å². The highest BCUT2D eigenvalue weighted by Gasteiger charge is 2.26. The molecule has 0 aromatic heterocycles. The molecule has 394 valence electrons. The number of phosphoric acid groups is 1. The summed E-state index contributed by atoms with van der Waals surface area (Å²) in [7, 11) is 1.66. The minimum absolute atomic E-state index is 0.0858. The van der Waals surface area contributed by atoms with E-state index in [0.29, 0.717) is 24.1 Å². The second-order valence-electron chi connectivity index (χ2n) is 20.3. The number of carbonyl (C=O) groups excluding carboxylic acids is 1. The van der Waals surface area contributed by atoms with Crippen LogP contribution >= 0.6 is 7.82 Å². The van der Waals surface area contributed by atoms with Crippen molar-refractivity contribution in [2.45, 2.75) is 264 Å². The van der Waals surface area contributed by atoms with Crippen molar-refractivity contribution in [3.05, 3.63) is 48.6 Å². The van der Waals surface area contributed by atoms with Gasteiger partial charge in [-0.2, -0.15) is 0 Å². The third kappa shape index (κ3) is 55.3. The normalized spacial score (nSPS) is 13.8. The van der Waals surface area contributed by atoms with E-state index in [0.717, 1.165) is 51.4 Å². The monoisotopic (exact) mass is 965 g/mol. The first-order valence-electron chi connectivity index (χ1n) is 28.4. The van der Waals surface area contributed by atoms with Gasteiger partial charge in [0, 0.05) is 13.0 Å². The number of hydrogen-bond acceptors (Lipinski definition) is 6. The zero-order valence-electron chi connectivity index (χ0n) is 44.9. The van der Waals surface area contributed by atoms with Gasteiger partial charge in [-0.25, -0.2) is 4.57 Å². The molecule has 0 aliphatic heterocycles. The molecule has 0 amide bonds. The van der Waals surface area contributed by atoms with Crippen molar-refractivity contribution in [1.82, 2.24) is 0 Å². The van der Waals surface area contributed by atoms with E-state index >= 15 is 0 Å². The van der Waals surface area contributed by atoms with Crippen LogP contribution < -0.4 is 0 Å². The summed E-state index contributed by atoms with van der Waals surface area (Å²) in [5.41, 5.74) is 0. The van der Waals surface area contributed by atoms with Crippen molar-refractivity contribution in [3.8, 4) is 0 Å². The van der Waals surface area contributed by atoms with E-state index in [2.05, 4.69) is 62.5 Å². The van der Waals surface area contributed by atoms with Gasteiger partial charge >= 0.3 is 13.8 Å². The largest absolute Gasteiger partial charge is 0.472 e. The summed E-state index contributed by atoms with van der Waals surface area (Å²) in [5, 5.41) is 0. The molecule has 0 heterocycles. The van der Waals surface area contributed by atoms with Gasteiger partial charge in [-0.15, -0.1) is 0 Å². The molecule has 0 saturated heterocycles. The van der Waals surface area contributed by atoms with Gasteiger partial charge < -0.3 is 18.9 Å². The highest BCUT2D eigenvalue weighted by atomic mass is 31.2. The van der Waals surface area contributed by atoms with Crippen molar-refractivity contribution in [3.63, 3.8) is 0 Å². The van der Waals surface area contributed by atoms with E-state index < -0.39 is 13.9 Å². The molecule has 0 bridgehead atoms. The second kappa shape index (κ2) is 50.8. The summed E-state index contributed by atoms with van der Waals surface area (Å²) < 4.78 is 35.2. The van der Waals surface area contributed by atoms with Gasteiger partial charge in [0.15, 0.2) is 0 Å². The molecule has 0 aromatic carbocycles. The predicted molar refractivity (Wildman–Crippen MR) is 289 cm³/mol. The Morgan fingerprint density at radius 1 is 0.463 bits per heavy atom. The molecule has 67 heavy (non-hydrogen) atoms. The van der Waals surface area contributed by atoms with E-state index in [1.807, 2.05) is 21.1 Å². The van der Waals surface area contributed by atoms with Crippen LogP contribution in [-0.2, 0) is 27.9 Å². The third-order valence-electron chi connectivity index (χ3n) is 12.4. The Labute approximate surface area is 416 Å². The molecule has 2 atom stereocenters. The maximum atomic E-state index is 12.8. The molecule has 0 saturated carbocycles. The van der Waals surface area contributed by atoms with E-state index in [-0.39, 0.29) is 25.8 Å². The lowest BCUT2D eigenvalue weighted by atomic mass is 10.0. The number of ether oxygens (including phenoxy) is 2. The molecule has 0 aliphatic carbocycles. The number of esters is 1. The first kappa shape index (κ1) is 65.5. The van der Waals surface area contributed by atoms with Crippen LogP contribution in [-0.4, -0.2) is 75.6 Å². The Kier molecular flexibility index (Phi) is 49.7. The highest BCUT2D eigenvalue weighted by molar-refractivity contribution is 7.47. The average molecular weight is 965 g/mol. The van der Waals surface area contributed by atoms with Gasteiger partial charge in [-0.05, 0) is 77.0 Å². The van der Waals surface area contributed by atoms with Crippen LogP contribution in [0.15, 0.2) is 48.6 Å². The Morgan fingerprint density at radius 2 is 0.821 bits per heavy atom. The van der Waals surface area contributed by atoms with Crippen molar-refractivity contribution < 1.29 is 37.3 Å². The summed E-state index contributed by atoms with van der Waals surface area (Å²) >= 11 is 0. The molecular formula is C58H111NO7P+. The fraction of sp³-hybridized carbons (Fsp3) is 0.845. The quantitative estimate of drug-likeness (QED) is 0.0213. The second-order valence-corrected chi connectivity index (χ2v) is 21.8. The molecule has 9 heteroatoms. The van der Waals surface area contributed by atoms with Gasteiger partial charge in [-0.1, -0.05) is 223 Å². The van der Waals surface area contributed by atoms with Gasteiger partial charge in [0.05, 0.1) is 34.4 Å². The van der Waals surface area contributed by atoms with Crippen molar-refractivity contribution in [1.29, 1.82) is 0 Å². The maximum Gasteiger partial charge on any atom is 0.472 e. The number of quaternary nitrogens is 1. The molecular weight excluding hydrogens is 854 g/mol. The minimum atomic E-state index is -4.29. The van der Waals surface area contributed by atoms with E-state index in [9.17, 15) is 14.3 Å². The van der Waals surface area contributed by atoms with Gasteiger partial charge in [-0.3, -0.25) is 13.8 Å². The molecule has 0 aliphatic rings. The number of unbranched alkanes of at least 4 members (excludes halogenated alkanes) is 31. The van der Waals surface area contributed by atoms with E-state index in [4.69, 9.17) is 18.5 Å². The molecule has 0 radical (unpaired) electrons. The molecule has 1 N–H and O–H groups in total. The van der Waals surface area contributed by atoms with Crippen LogP contribution in [0, 0.1) is 0 Å². The summed E-state index contributed by atoms with van der Waals surface area (Å²) in [6.45, 7) is 5.62. The Bertz CT molecular complexity index is 1210. The lowest BCUT2D eigenvalue weighted by Crippen LogP contribution is -2.37. The van der Waals surface area contributed by atoms with Crippen LogP contribution in [0.1, 0.15) is 258 Å². The lowest BCUT2D eigenvalue weighted by molar-refractivity contribution is -0.870. The first-order chi connectivity index (χ1) is 32.6. The fourth-order valence-electron chi connectivity index (χ4n) is 7.97. The van der Waals surface area contributed by atoms with E-state index in [1.165, 1.54) is 186 Å². The average Bonchev–Trinajstić information content (AvgIpc) is 3.29. The molecule has 0 rings (SSSR count). The smallest absolute Gasteiger partial charge is 0.457 e. The Morgan fingerprint density at radius 3 is 1.24 bits per heavy atom. The zero-order chi connectivity index (χ0) is 49.0. The molecule has 8 nitrogen and oxygen atoms in total. The summed E-state index contributed by atoms with van der Waals surface area (Å²) in [4.78, 5) is 23.1. The van der Waals surface area contributed by atoms with E-state index in [1.54, 1.807) is 0 Å². The molecule has 0 spiro atoms. The minimum Gasteiger partial charge on any atom is -0.457 e. The molecule has 0 fully saturated rings. The number of nitrogens with zero attached hydrogens (tertiary/aromatic N) is 1. The number of likely N-dealkylation sites (N-methyl/N-ethyl adjacent to an activating group) is 1. The zero-order valence-corrected chi connectivity index (χ0v) is 45.8. The lowest BCUT2D eigenvalue weighted by Gasteiger charge is -2.24. The standard InChI is InChI=1S/C58H110NO7P/c1-6-8-10-12-14-16-18-20-22-24-26-28-30-31-33-35-37-39-41-43-45-47-49-51-58(60)66-57(56-65-67(61,62)64-54-52-59(3,4)5)55-63-53-50-48-46-44-42-40-38-36-34-32-29-27-25-23-21-19-17-15-13-11-9-7-2/h19,21,24-27,32,34,57H,6-18,20,22-23,28-31,33,35-56H2,1-5H3/p+1/b21-19-,26-24-,27-25-,34-32-. The predicted octanol–water partition coefficient (Wildman–Crippen LogP) is 17.8. The SMILES string of the molecule is CCCCCCC/C=C\C/C=C\C/C=C\CCCCCCCCCOCC(COP(=O)(O)OCC[N+](C)(C)C)OC(=O)CCCCCCCCCCCCC/C=C\CCCCCCCCCC. The number of allylic oxidation sites excluding steroid dienone is 8. The number of hydrogen-bond donors (Lipinski definition) is 1. The number of carbonyl (C=O) groups is 1. The van der Waals surface area contributed by atoms with Crippen LogP contribution in [0.5, 0.6) is 0 Å². The maximum absolute atomic E-state index is 12.8. The summed E-state index contributed by atoms with van der Waals surface area (Å²) in [6.07, 6.45) is 64.5. The van der Waals surface area contributed by atoms with Gasteiger partial charge in [0.1, 0.15) is 19.3 Å². The van der Waals surface area contributed by atoms with Crippen LogP contribution in [0.3, 0.4) is 0 Å². The summed E-state index contributed by atoms with van der Waals surface area (Å²) in [5.74, 6) is -0.316. The Balaban J connectivity index is 4.11.